The number of nitrogens with zero attached hydrogens (tertiary/aromatic N) is 2. The molecule has 0 spiro atoms. The number of hydrogen-bond acceptors (Lipinski definition) is 3. The predicted molar refractivity (Wildman–Crippen MR) is 105 cm³/mol. The van der Waals surface area contributed by atoms with E-state index in [1.165, 1.54) is 12.1 Å². The monoisotopic (exact) mass is 399 g/mol. The van der Waals surface area contributed by atoms with E-state index >= 15 is 0 Å². The second kappa shape index (κ2) is 10.5. The molecule has 7 heteroatoms. The summed E-state index contributed by atoms with van der Waals surface area (Å²) in [5.74, 6) is -0.0643. The van der Waals surface area contributed by atoms with Crippen molar-refractivity contribution in [3.63, 3.8) is 0 Å². The zero-order chi connectivity index (χ0) is 16.9. The highest BCUT2D eigenvalue weighted by Gasteiger charge is 2.28. The third-order valence-electron chi connectivity index (χ3n) is 4.53. The number of carbonyl (C=O) groups is 1. The number of hydrogen-bond donors (Lipinski definition) is 1. The van der Waals surface area contributed by atoms with Crippen molar-refractivity contribution in [2.24, 2.45) is 0 Å². The first kappa shape index (κ1) is 22.4. The minimum atomic E-state index is -0.269. The predicted octanol–water partition coefficient (Wildman–Crippen LogP) is 3.73. The van der Waals surface area contributed by atoms with Crippen LogP contribution in [0.25, 0.3) is 0 Å². The van der Waals surface area contributed by atoms with Gasteiger partial charge in [-0.05, 0) is 35.2 Å². The number of benzene rings is 1. The minimum absolute atomic E-state index is 0. The lowest BCUT2D eigenvalue weighted by atomic mass is 9.97. The van der Waals surface area contributed by atoms with Gasteiger partial charge >= 0.3 is 0 Å². The first-order valence-corrected chi connectivity index (χ1v) is 8.30. The molecule has 1 saturated heterocycles. The van der Waals surface area contributed by atoms with Crippen LogP contribution in [0, 0.1) is 5.82 Å². The van der Waals surface area contributed by atoms with Crippen molar-refractivity contribution in [1.29, 1.82) is 0 Å². The van der Waals surface area contributed by atoms with Crippen molar-refractivity contribution in [2.45, 2.75) is 25.3 Å². The number of rotatable bonds is 4. The van der Waals surface area contributed by atoms with Gasteiger partial charge in [0, 0.05) is 38.4 Å². The molecule has 1 fully saturated rings. The summed E-state index contributed by atoms with van der Waals surface area (Å²) in [6, 6.07) is 10.3. The lowest BCUT2D eigenvalue weighted by Crippen LogP contribution is -2.48. The molecule has 0 radical (unpaired) electrons. The van der Waals surface area contributed by atoms with Crippen LogP contribution in [0.4, 0.5) is 4.39 Å². The van der Waals surface area contributed by atoms with Gasteiger partial charge in [0.15, 0.2) is 0 Å². The Balaban J connectivity index is 0.00000169. The van der Waals surface area contributed by atoms with Gasteiger partial charge in [0.05, 0.1) is 6.04 Å². The molecule has 3 rings (SSSR count). The van der Waals surface area contributed by atoms with Crippen LogP contribution >= 0.6 is 24.8 Å². The maximum Gasteiger partial charge on any atom is 0.223 e. The van der Waals surface area contributed by atoms with Gasteiger partial charge in [-0.1, -0.05) is 25.1 Å². The van der Waals surface area contributed by atoms with E-state index in [1.54, 1.807) is 18.5 Å². The number of amides is 1. The molecular weight excluding hydrogens is 376 g/mol. The Labute approximate surface area is 166 Å². The van der Waals surface area contributed by atoms with E-state index in [9.17, 15) is 9.18 Å². The molecule has 0 aliphatic carbocycles. The van der Waals surface area contributed by atoms with Crippen LogP contribution in [-0.4, -0.2) is 35.4 Å². The highest BCUT2D eigenvalue weighted by Crippen LogP contribution is 2.26. The zero-order valence-electron chi connectivity index (χ0n) is 14.6. The SMILES string of the molecule is CC(CC(=O)N1CCNCC1c1cccc(F)c1)c1cccnc1.Cl.Cl. The summed E-state index contributed by atoms with van der Waals surface area (Å²) in [5, 5.41) is 3.30. The summed E-state index contributed by atoms with van der Waals surface area (Å²) in [5.41, 5.74) is 1.90. The van der Waals surface area contributed by atoms with E-state index in [0.29, 0.717) is 19.5 Å². The number of piperazine rings is 1. The zero-order valence-corrected chi connectivity index (χ0v) is 16.2. The molecule has 1 aromatic carbocycles. The normalized spacial score (nSPS) is 17.6. The molecule has 26 heavy (non-hydrogen) atoms. The first-order valence-electron chi connectivity index (χ1n) is 8.30. The van der Waals surface area contributed by atoms with Crippen LogP contribution in [0.5, 0.6) is 0 Å². The van der Waals surface area contributed by atoms with Gasteiger partial charge in [0.25, 0.3) is 0 Å². The molecule has 142 valence electrons. The fourth-order valence-electron chi connectivity index (χ4n) is 3.18. The summed E-state index contributed by atoms with van der Waals surface area (Å²) >= 11 is 0. The smallest absolute Gasteiger partial charge is 0.223 e. The Kier molecular flexibility index (Phi) is 8.99. The van der Waals surface area contributed by atoms with Crippen LogP contribution in [0.2, 0.25) is 0 Å². The molecule has 2 heterocycles. The Bertz CT molecular complexity index is 702. The third-order valence-corrected chi connectivity index (χ3v) is 4.53. The summed E-state index contributed by atoms with van der Waals surface area (Å²) in [7, 11) is 0. The average Bonchev–Trinajstić information content (AvgIpc) is 2.62. The fraction of sp³-hybridized carbons (Fsp3) is 0.368. The lowest BCUT2D eigenvalue weighted by Gasteiger charge is -2.37. The van der Waals surface area contributed by atoms with Crippen molar-refractivity contribution in [3.05, 3.63) is 65.7 Å². The van der Waals surface area contributed by atoms with Gasteiger partial charge in [0.2, 0.25) is 5.91 Å². The van der Waals surface area contributed by atoms with Gasteiger partial charge in [0.1, 0.15) is 5.82 Å². The molecule has 1 amide bonds. The minimum Gasteiger partial charge on any atom is -0.333 e. The molecule has 0 saturated carbocycles. The van der Waals surface area contributed by atoms with Crippen LogP contribution in [0.3, 0.4) is 0 Å². The standard InChI is InChI=1S/C19H22FN3O.2ClH/c1-14(16-5-3-7-21-12-16)10-19(24)23-9-8-22-13-18(23)15-4-2-6-17(20)11-15;;/h2-7,11-12,14,18,22H,8-10,13H2,1H3;2*1H. The summed E-state index contributed by atoms with van der Waals surface area (Å²) in [6.45, 7) is 4.09. The molecule has 4 nitrogen and oxygen atoms in total. The Morgan fingerprint density at radius 3 is 2.85 bits per heavy atom. The van der Waals surface area contributed by atoms with E-state index < -0.39 is 0 Å². The molecule has 2 unspecified atom stereocenters. The number of nitrogens with one attached hydrogen (secondary N) is 1. The van der Waals surface area contributed by atoms with Crippen molar-refractivity contribution < 1.29 is 9.18 Å². The molecule has 1 aromatic heterocycles. The highest BCUT2D eigenvalue weighted by molar-refractivity contribution is 5.85. The fourth-order valence-corrected chi connectivity index (χ4v) is 3.18. The Hall–Kier alpha value is -1.69. The van der Waals surface area contributed by atoms with Crippen LogP contribution in [-0.2, 0) is 4.79 Å². The van der Waals surface area contributed by atoms with Crippen LogP contribution < -0.4 is 5.32 Å². The average molecular weight is 400 g/mol. The van der Waals surface area contributed by atoms with E-state index in [2.05, 4.69) is 10.3 Å². The van der Waals surface area contributed by atoms with Crippen LogP contribution in [0.15, 0.2) is 48.8 Å². The van der Waals surface area contributed by atoms with E-state index in [0.717, 1.165) is 17.7 Å². The van der Waals surface area contributed by atoms with Gasteiger partial charge < -0.3 is 10.2 Å². The summed E-state index contributed by atoms with van der Waals surface area (Å²) in [4.78, 5) is 18.8. The van der Waals surface area contributed by atoms with Gasteiger partial charge in [-0.2, -0.15) is 0 Å². The Morgan fingerprint density at radius 2 is 2.15 bits per heavy atom. The summed E-state index contributed by atoms with van der Waals surface area (Å²) in [6.07, 6.45) is 3.96. The number of aromatic nitrogens is 1. The number of carbonyl (C=O) groups excluding carboxylic acids is 1. The lowest BCUT2D eigenvalue weighted by molar-refractivity contribution is -0.134. The largest absolute Gasteiger partial charge is 0.333 e. The van der Waals surface area contributed by atoms with Gasteiger partial charge in [-0.3, -0.25) is 9.78 Å². The molecule has 2 atom stereocenters. The first-order chi connectivity index (χ1) is 11.6. The highest BCUT2D eigenvalue weighted by atomic mass is 35.5. The second-order valence-electron chi connectivity index (χ2n) is 6.25. The molecule has 2 aromatic rings. The molecule has 1 N–H and O–H groups in total. The number of halogens is 3. The molecule has 1 aliphatic heterocycles. The third kappa shape index (κ3) is 5.40. The van der Waals surface area contributed by atoms with E-state index in [4.69, 9.17) is 0 Å². The quantitative estimate of drug-likeness (QED) is 0.851. The maximum absolute atomic E-state index is 13.6. The van der Waals surface area contributed by atoms with Gasteiger partial charge in [-0.25, -0.2) is 4.39 Å². The number of pyridine rings is 1. The molecule has 0 bridgehead atoms. The van der Waals surface area contributed by atoms with E-state index in [1.807, 2.05) is 30.0 Å². The van der Waals surface area contributed by atoms with Gasteiger partial charge in [-0.15, -0.1) is 24.8 Å². The Morgan fingerprint density at radius 1 is 1.35 bits per heavy atom. The maximum atomic E-state index is 13.6. The molecular formula is C19H24Cl2FN3O. The van der Waals surface area contributed by atoms with Crippen molar-refractivity contribution in [1.82, 2.24) is 15.2 Å². The molecule has 1 aliphatic rings. The van der Waals surface area contributed by atoms with E-state index in [-0.39, 0.29) is 48.5 Å². The van der Waals surface area contributed by atoms with Crippen LogP contribution in [0.1, 0.15) is 36.4 Å². The van der Waals surface area contributed by atoms with Crippen molar-refractivity contribution in [2.75, 3.05) is 19.6 Å². The van der Waals surface area contributed by atoms with Crippen molar-refractivity contribution in [3.8, 4) is 0 Å². The summed E-state index contributed by atoms with van der Waals surface area (Å²) < 4.78 is 13.6. The van der Waals surface area contributed by atoms with Crippen molar-refractivity contribution >= 4 is 30.7 Å². The topological polar surface area (TPSA) is 45.2 Å². The second-order valence-corrected chi connectivity index (χ2v) is 6.25.